The van der Waals surface area contributed by atoms with Gasteiger partial charge in [-0.3, -0.25) is 0 Å². The Morgan fingerprint density at radius 3 is 2.11 bits per heavy atom. The summed E-state index contributed by atoms with van der Waals surface area (Å²) in [6.07, 6.45) is 0. The zero-order chi connectivity index (χ0) is 14.0. The predicted octanol–water partition coefficient (Wildman–Crippen LogP) is 1.13. The summed E-state index contributed by atoms with van der Waals surface area (Å²) in [6.45, 7) is 5.92. The van der Waals surface area contributed by atoms with E-state index in [1.807, 2.05) is 20.8 Å². The molecule has 18 heavy (non-hydrogen) atoms. The number of nitrogens with one attached hydrogen (secondary N) is 2. The third-order valence-corrected chi connectivity index (χ3v) is 4.47. The minimum atomic E-state index is -3.38. The minimum absolute atomic E-state index is 0.0294. The van der Waals surface area contributed by atoms with Crippen LogP contribution in [0.25, 0.3) is 0 Å². The standard InChI is InChI=1S/C12H21N3O2S/c1-9(13)12(2,3)15-10-5-7-11(8-6-10)18(16,17)14-4/h5-9,14-15H,13H2,1-4H3. The number of hydrogen-bond acceptors (Lipinski definition) is 4. The molecule has 0 amide bonds. The summed E-state index contributed by atoms with van der Waals surface area (Å²) in [7, 11) is -1.99. The van der Waals surface area contributed by atoms with Crippen molar-refractivity contribution in [3.63, 3.8) is 0 Å². The van der Waals surface area contributed by atoms with Gasteiger partial charge in [0.25, 0.3) is 0 Å². The lowest BCUT2D eigenvalue weighted by atomic mass is 9.96. The van der Waals surface area contributed by atoms with Crippen LogP contribution in [-0.2, 0) is 10.0 Å². The molecule has 0 aliphatic heterocycles. The molecule has 0 saturated carbocycles. The third-order valence-electron chi connectivity index (χ3n) is 3.04. The molecule has 0 saturated heterocycles. The molecular formula is C12H21N3O2S. The normalized spacial score (nSPS) is 14.3. The van der Waals surface area contributed by atoms with Crippen molar-refractivity contribution in [2.24, 2.45) is 5.73 Å². The number of benzene rings is 1. The van der Waals surface area contributed by atoms with Crippen molar-refractivity contribution in [3.05, 3.63) is 24.3 Å². The van der Waals surface area contributed by atoms with Crippen molar-refractivity contribution in [2.45, 2.75) is 37.2 Å². The molecule has 6 heteroatoms. The Morgan fingerprint density at radius 1 is 1.22 bits per heavy atom. The minimum Gasteiger partial charge on any atom is -0.379 e. The Bertz CT molecular complexity index is 493. The summed E-state index contributed by atoms with van der Waals surface area (Å²) in [4.78, 5) is 0.245. The molecular weight excluding hydrogens is 250 g/mol. The summed E-state index contributed by atoms with van der Waals surface area (Å²) in [5.41, 5.74) is 6.45. The average Bonchev–Trinajstić information content (AvgIpc) is 2.29. The zero-order valence-corrected chi connectivity index (χ0v) is 12.0. The van der Waals surface area contributed by atoms with E-state index in [9.17, 15) is 8.42 Å². The maximum atomic E-state index is 11.6. The van der Waals surface area contributed by atoms with E-state index < -0.39 is 10.0 Å². The van der Waals surface area contributed by atoms with E-state index in [1.165, 1.54) is 7.05 Å². The molecule has 0 heterocycles. The lowest BCUT2D eigenvalue weighted by Gasteiger charge is -2.31. The van der Waals surface area contributed by atoms with Crippen LogP contribution in [0.15, 0.2) is 29.2 Å². The first-order valence-corrected chi connectivity index (χ1v) is 7.25. The van der Waals surface area contributed by atoms with Crippen LogP contribution in [0.1, 0.15) is 20.8 Å². The van der Waals surface area contributed by atoms with Gasteiger partial charge < -0.3 is 11.1 Å². The SMILES string of the molecule is CNS(=O)(=O)c1ccc(NC(C)(C)C(C)N)cc1. The fourth-order valence-electron chi connectivity index (χ4n) is 1.32. The van der Waals surface area contributed by atoms with Gasteiger partial charge in [0.05, 0.1) is 4.90 Å². The Balaban J connectivity index is 2.91. The number of sulfonamides is 1. The second-order valence-electron chi connectivity index (χ2n) is 4.87. The van der Waals surface area contributed by atoms with Gasteiger partial charge in [0.15, 0.2) is 0 Å². The number of rotatable bonds is 5. The maximum Gasteiger partial charge on any atom is 0.240 e. The van der Waals surface area contributed by atoms with Gasteiger partial charge in [-0.15, -0.1) is 0 Å². The Morgan fingerprint density at radius 2 is 1.72 bits per heavy atom. The van der Waals surface area contributed by atoms with Crippen LogP contribution in [0.3, 0.4) is 0 Å². The first-order chi connectivity index (χ1) is 8.19. The molecule has 5 nitrogen and oxygen atoms in total. The summed E-state index contributed by atoms with van der Waals surface area (Å²) < 4.78 is 25.4. The molecule has 1 unspecified atom stereocenters. The van der Waals surface area contributed by atoms with Gasteiger partial charge in [0.1, 0.15) is 0 Å². The molecule has 0 aliphatic carbocycles. The van der Waals surface area contributed by atoms with Crippen LogP contribution in [0.5, 0.6) is 0 Å². The summed E-state index contributed by atoms with van der Waals surface area (Å²) in [5, 5.41) is 3.27. The molecule has 0 bridgehead atoms. The van der Waals surface area contributed by atoms with Crippen LogP contribution < -0.4 is 15.8 Å². The fourth-order valence-corrected chi connectivity index (χ4v) is 2.05. The highest BCUT2D eigenvalue weighted by Crippen LogP contribution is 2.19. The average molecular weight is 271 g/mol. The number of hydrogen-bond donors (Lipinski definition) is 3. The van der Waals surface area contributed by atoms with Crippen molar-refractivity contribution in [2.75, 3.05) is 12.4 Å². The Kier molecular flexibility index (Phi) is 4.37. The van der Waals surface area contributed by atoms with E-state index in [-0.39, 0.29) is 16.5 Å². The second-order valence-corrected chi connectivity index (χ2v) is 6.75. The number of nitrogens with two attached hydrogens (primary N) is 1. The largest absolute Gasteiger partial charge is 0.379 e. The molecule has 102 valence electrons. The molecule has 0 aromatic heterocycles. The summed E-state index contributed by atoms with van der Waals surface area (Å²) in [6, 6.07) is 6.55. The van der Waals surface area contributed by atoms with E-state index in [4.69, 9.17) is 5.73 Å². The van der Waals surface area contributed by atoms with Gasteiger partial charge in [0.2, 0.25) is 10.0 Å². The predicted molar refractivity (Wildman–Crippen MR) is 74.0 cm³/mol. The first kappa shape index (κ1) is 14.9. The molecule has 0 aliphatic rings. The quantitative estimate of drug-likeness (QED) is 0.749. The second kappa shape index (κ2) is 5.26. The van der Waals surface area contributed by atoms with E-state index in [2.05, 4.69) is 10.0 Å². The van der Waals surface area contributed by atoms with Gasteiger partial charge in [-0.1, -0.05) is 0 Å². The van der Waals surface area contributed by atoms with Gasteiger partial charge in [0, 0.05) is 17.3 Å². The molecule has 0 spiro atoms. The summed E-state index contributed by atoms with van der Waals surface area (Å²) >= 11 is 0. The molecule has 1 aromatic rings. The molecule has 0 radical (unpaired) electrons. The van der Waals surface area contributed by atoms with Crippen molar-refractivity contribution in [3.8, 4) is 0 Å². The Labute approximate surface area is 109 Å². The fraction of sp³-hybridized carbons (Fsp3) is 0.500. The van der Waals surface area contributed by atoms with E-state index >= 15 is 0 Å². The van der Waals surface area contributed by atoms with Crippen LogP contribution in [0.4, 0.5) is 5.69 Å². The van der Waals surface area contributed by atoms with Gasteiger partial charge >= 0.3 is 0 Å². The third kappa shape index (κ3) is 3.44. The molecule has 1 aromatic carbocycles. The number of anilines is 1. The highest BCUT2D eigenvalue weighted by molar-refractivity contribution is 7.89. The zero-order valence-electron chi connectivity index (χ0n) is 11.2. The smallest absolute Gasteiger partial charge is 0.240 e. The monoisotopic (exact) mass is 271 g/mol. The molecule has 1 atom stereocenters. The van der Waals surface area contributed by atoms with E-state index in [0.29, 0.717) is 0 Å². The van der Waals surface area contributed by atoms with Crippen LogP contribution >= 0.6 is 0 Å². The topological polar surface area (TPSA) is 84.2 Å². The lowest BCUT2D eigenvalue weighted by molar-refractivity contribution is 0.471. The van der Waals surface area contributed by atoms with Gasteiger partial charge in [-0.05, 0) is 52.1 Å². The van der Waals surface area contributed by atoms with Crippen molar-refractivity contribution in [1.82, 2.24) is 4.72 Å². The van der Waals surface area contributed by atoms with Crippen molar-refractivity contribution < 1.29 is 8.42 Å². The molecule has 4 N–H and O–H groups in total. The Hall–Kier alpha value is -1.11. The lowest BCUT2D eigenvalue weighted by Crippen LogP contribution is -2.47. The van der Waals surface area contributed by atoms with Crippen LogP contribution in [0, 0.1) is 0 Å². The van der Waals surface area contributed by atoms with Gasteiger partial charge in [-0.25, -0.2) is 13.1 Å². The van der Waals surface area contributed by atoms with E-state index in [1.54, 1.807) is 24.3 Å². The van der Waals surface area contributed by atoms with Crippen LogP contribution in [0.2, 0.25) is 0 Å². The highest BCUT2D eigenvalue weighted by atomic mass is 32.2. The summed E-state index contributed by atoms with van der Waals surface area (Å²) in [5.74, 6) is 0. The maximum absolute atomic E-state index is 11.6. The van der Waals surface area contributed by atoms with Crippen molar-refractivity contribution in [1.29, 1.82) is 0 Å². The van der Waals surface area contributed by atoms with E-state index in [0.717, 1.165) is 5.69 Å². The molecule has 1 rings (SSSR count). The van der Waals surface area contributed by atoms with Crippen LogP contribution in [-0.4, -0.2) is 27.0 Å². The first-order valence-electron chi connectivity index (χ1n) is 5.76. The highest BCUT2D eigenvalue weighted by Gasteiger charge is 2.22. The molecule has 0 fully saturated rings. The van der Waals surface area contributed by atoms with Gasteiger partial charge in [-0.2, -0.15) is 0 Å². The van der Waals surface area contributed by atoms with Crippen molar-refractivity contribution >= 4 is 15.7 Å².